The number of hydrogen-bond acceptors (Lipinski definition) is 3. The van der Waals surface area contributed by atoms with E-state index in [9.17, 15) is 14.7 Å². The minimum Gasteiger partial charge on any atom is -0.396 e. The molecule has 0 aromatic heterocycles. The molecule has 0 atom stereocenters. The van der Waals surface area contributed by atoms with Gasteiger partial charge in [-0.1, -0.05) is 12.1 Å². The van der Waals surface area contributed by atoms with Gasteiger partial charge >= 0.3 is 0 Å². The van der Waals surface area contributed by atoms with E-state index >= 15 is 0 Å². The van der Waals surface area contributed by atoms with Gasteiger partial charge in [0.25, 0.3) is 0 Å². The fourth-order valence-electron chi connectivity index (χ4n) is 2.40. The Kier molecular flexibility index (Phi) is 4.16. The predicted octanol–water partition coefficient (Wildman–Crippen LogP) is 1.47. The number of nitrogens with one attached hydrogen (secondary N) is 2. The zero-order valence-corrected chi connectivity index (χ0v) is 12.6. The van der Waals surface area contributed by atoms with Crippen molar-refractivity contribution in [3.63, 3.8) is 0 Å². The van der Waals surface area contributed by atoms with Gasteiger partial charge in [-0.25, -0.2) is 0 Å². The third-order valence-corrected chi connectivity index (χ3v) is 4.49. The van der Waals surface area contributed by atoms with E-state index in [-0.39, 0.29) is 29.8 Å². The first-order valence-corrected chi connectivity index (χ1v) is 7.88. The van der Waals surface area contributed by atoms with Crippen molar-refractivity contribution in [1.82, 2.24) is 5.32 Å². The fourth-order valence-corrected chi connectivity index (χ4v) is 2.40. The summed E-state index contributed by atoms with van der Waals surface area (Å²) in [6.45, 7) is 0.695. The Bertz CT molecular complexity index is 560. The topological polar surface area (TPSA) is 78.4 Å². The quantitative estimate of drug-likeness (QED) is 0.713. The zero-order chi connectivity index (χ0) is 15.6. The molecule has 0 spiro atoms. The highest BCUT2D eigenvalue weighted by atomic mass is 16.3. The normalized spacial score (nSPS) is 18.6. The molecular formula is C17H22N2O3. The summed E-state index contributed by atoms with van der Waals surface area (Å²) >= 11 is 0. The van der Waals surface area contributed by atoms with E-state index in [1.807, 2.05) is 24.3 Å². The highest BCUT2D eigenvalue weighted by Crippen LogP contribution is 2.44. The van der Waals surface area contributed by atoms with Crippen molar-refractivity contribution in [2.24, 2.45) is 11.3 Å². The second kappa shape index (κ2) is 6.08. The number of carbonyl (C=O) groups is 2. The monoisotopic (exact) mass is 302 g/mol. The van der Waals surface area contributed by atoms with Gasteiger partial charge in [0.05, 0.1) is 13.0 Å². The zero-order valence-electron chi connectivity index (χ0n) is 12.6. The van der Waals surface area contributed by atoms with Crippen LogP contribution in [0.3, 0.4) is 0 Å². The Labute approximate surface area is 130 Å². The molecule has 1 aromatic rings. The highest BCUT2D eigenvalue weighted by Gasteiger charge is 2.41. The van der Waals surface area contributed by atoms with Crippen LogP contribution < -0.4 is 10.6 Å². The van der Waals surface area contributed by atoms with E-state index in [1.165, 1.54) is 0 Å². The van der Waals surface area contributed by atoms with Crippen LogP contribution in [-0.2, 0) is 16.0 Å². The molecule has 0 radical (unpaired) electrons. The summed E-state index contributed by atoms with van der Waals surface area (Å²) < 4.78 is 0. The maximum absolute atomic E-state index is 11.9. The number of aliphatic hydroxyl groups is 1. The van der Waals surface area contributed by atoms with Crippen LogP contribution in [0, 0.1) is 11.3 Å². The van der Waals surface area contributed by atoms with Crippen LogP contribution in [0.5, 0.6) is 0 Å². The molecule has 2 saturated carbocycles. The Morgan fingerprint density at radius 3 is 2.41 bits per heavy atom. The van der Waals surface area contributed by atoms with Crippen molar-refractivity contribution in [3.05, 3.63) is 29.8 Å². The Morgan fingerprint density at radius 2 is 1.86 bits per heavy atom. The lowest BCUT2D eigenvalue weighted by atomic mass is 10.1. The van der Waals surface area contributed by atoms with Gasteiger partial charge in [-0.3, -0.25) is 9.59 Å². The van der Waals surface area contributed by atoms with E-state index in [2.05, 4.69) is 10.6 Å². The first kappa shape index (κ1) is 15.0. The molecule has 0 aliphatic heterocycles. The Balaban J connectivity index is 1.45. The maximum Gasteiger partial charge on any atom is 0.227 e. The summed E-state index contributed by atoms with van der Waals surface area (Å²) in [5.41, 5.74) is 1.63. The molecule has 0 unspecified atom stereocenters. The third kappa shape index (κ3) is 3.85. The lowest BCUT2D eigenvalue weighted by molar-refractivity contribution is -0.120. The van der Waals surface area contributed by atoms with Crippen LogP contribution in [0.25, 0.3) is 0 Å². The van der Waals surface area contributed by atoms with Gasteiger partial charge in [0, 0.05) is 23.6 Å². The summed E-state index contributed by atoms with van der Waals surface area (Å²) in [4.78, 5) is 23.6. The molecule has 3 rings (SSSR count). The number of benzene rings is 1. The predicted molar refractivity (Wildman–Crippen MR) is 83.3 cm³/mol. The summed E-state index contributed by atoms with van der Waals surface area (Å²) in [6, 6.07) is 7.39. The van der Waals surface area contributed by atoms with E-state index in [0.717, 1.165) is 36.9 Å². The molecule has 5 heteroatoms. The molecule has 0 saturated heterocycles. The smallest absolute Gasteiger partial charge is 0.227 e. The number of rotatable bonds is 7. The van der Waals surface area contributed by atoms with E-state index in [0.29, 0.717) is 13.0 Å². The average molecular weight is 302 g/mol. The molecule has 118 valence electrons. The van der Waals surface area contributed by atoms with Gasteiger partial charge in [-0.15, -0.1) is 0 Å². The van der Waals surface area contributed by atoms with Gasteiger partial charge in [0.15, 0.2) is 0 Å². The lowest BCUT2D eigenvalue weighted by Gasteiger charge is -2.12. The molecule has 2 amide bonds. The Morgan fingerprint density at radius 1 is 1.18 bits per heavy atom. The van der Waals surface area contributed by atoms with Crippen LogP contribution in [0.2, 0.25) is 0 Å². The second-order valence-electron chi connectivity index (χ2n) is 6.57. The number of amides is 2. The van der Waals surface area contributed by atoms with Gasteiger partial charge in [0.1, 0.15) is 0 Å². The number of aliphatic hydroxyl groups excluding tert-OH is 1. The van der Waals surface area contributed by atoms with Gasteiger partial charge in [0.2, 0.25) is 11.8 Å². The fraction of sp³-hybridized carbons (Fsp3) is 0.529. The molecule has 3 N–H and O–H groups in total. The molecule has 2 aliphatic carbocycles. The van der Waals surface area contributed by atoms with Gasteiger partial charge in [-0.2, -0.15) is 0 Å². The molecule has 0 heterocycles. The van der Waals surface area contributed by atoms with Crippen LogP contribution >= 0.6 is 0 Å². The van der Waals surface area contributed by atoms with Gasteiger partial charge < -0.3 is 15.7 Å². The third-order valence-electron chi connectivity index (χ3n) is 4.49. The van der Waals surface area contributed by atoms with Crippen molar-refractivity contribution in [2.75, 3.05) is 18.5 Å². The van der Waals surface area contributed by atoms with Crippen molar-refractivity contribution in [1.29, 1.82) is 0 Å². The maximum atomic E-state index is 11.9. The first-order valence-electron chi connectivity index (χ1n) is 7.88. The Hall–Kier alpha value is -1.88. The van der Waals surface area contributed by atoms with Crippen molar-refractivity contribution >= 4 is 17.5 Å². The summed E-state index contributed by atoms with van der Waals surface area (Å²) in [5, 5.41) is 15.0. The van der Waals surface area contributed by atoms with Crippen LogP contribution in [0.15, 0.2) is 24.3 Å². The molecule has 22 heavy (non-hydrogen) atoms. The SMILES string of the molecule is O=C(Cc1ccc(NC(=O)C2CC2)cc1)NCC1(CO)CC1. The minimum atomic E-state index is -0.0629. The van der Waals surface area contributed by atoms with Crippen molar-refractivity contribution in [2.45, 2.75) is 32.1 Å². The van der Waals surface area contributed by atoms with E-state index < -0.39 is 0 Å². The lowest BCUT2D eigenvalue weighted by Crippen LogP contribution is -2.32. The molecular weight excluding hydrogens is 280 g/mol. The van der Waals surface area contributed by atoms with Crippen LogP contribution in [0.1, 0.15) is 31.2 Å². The summed E-state index contributed by atoms with van der Waals surface area (Å²) in [5.74, 6) is 0.241. The number of anilines is 1. The number of hydrogen-bond donors (Lipinski definition) is 3. The molecule has 5 nitrogen and oxygen atoms in total. The number of carbonyl (C=O) groups excluding carboxylic acids is 2. The van der Waals surface area contributed by atoms with Gasteiger partial charge in [-0.05, 0) is 43.4 Å². The summed E-state index contributed by atoms with van der Waals surface area (Å²) in [6.07, 6.45) is 4.26. The largest absolute Gasteiger partial charge is 0.396 e. The van der Waals surface area contributed by atoms with Crippen LogP contribution in [-0.4, -0.2) is 30.1 Å². The molecule has 0 bridgehead atoms. The first-order chi connectivity index (χ1) is 10.6. The second-order valence-corrected chi connectivity index (χ2v) is 6.57. The highest BCUT2D eigenvalue weighted by molar-refractivity contribution is 5.94. The van der Waals surface area contributed by atoms with E-state index in [4.69, 9.17) is 0 Å². The minimum absolute atomic E-state index is 0.0329. The molecule has 2 fully saturated rings. The van der Waals surface area contributed by atoms with Crippen molar-refractivity contribution < 1.29 is 14.7 Å². The molecule has 1 aromatic carbocycles. The standard InChI is InChI=1S/C17H22N2O3/c20-11-17(7-8-17)10-18-15(21)9-12-1-5-14(6-2-12)19-16(22)13-3-4-13/h1-2,5-6,13,20H,3-4,7-11H2,(H,18,21)(H,19,22). The van der Waals surface area contributed by atoms with Crippen molar-refractivity contribution in [3.8, 4) is 0 Å². The molecule has 2 aliphatic rings. The van der Waals surface area contributed by atoms with E-state index in [1.54, 1.807) is 0 Å². The average Bonchev–Trinajstić information content (AvgIpc) is 3.40. The van der Waals surface area contributed by atoms with Crippen LogP contribution in [0.4, 0.5) is 5.69 Å². The summed E-state index contributed by atoms with van der Waals surface area (Å²) in [7, 11) is 0.